The van der Waals surface area contributed by atoms with Crippen LogP contribution >= 0.6 is 0 Å². The molecule has 0 aliphatic carbocycles. The minimum absolute atomic E-state index is 0.228. The number of likely N-dealkylation sites (tertiary alicyclic amines) is 2. The summed E-state index contributed by atoms with van der Waals surface area (Å²) in [5.41, 5.74) is 0. The van der Waals surface area contributed by atoms with Gasteiger partial charge in [-0.1, -0.05) is 0 Å². The zero-order valence-electron chi connectivity index (χ0n) is 9.52. The van der Waals surface area contributed by atoms with E-state index in [0.29, 0.717) is 12.1 Å². The van der Waals surface area contributed by atoms with Gasteiger partial charge in [-0.15, -0.1) is 0 Å². The van der Waals surface area contributed by atoms with Crippen LogP contribution in [0.25, 0.3) is 0 Å². The molecule has 0 aromatic heterocycles. The second kappa shape index (κ2) is 4.10. The Hall–Kier alpha value is -0.610. The van der Waals surface area contributed by atoms with E-state index in [1.807, 2.05) is 0 Å². The van der Waals surface area contributed by atoms with E-state index in [0.717, 1.165) is 32.4 Å². The van der Waals surface area contributed by atoms with Gasteiger partial charge in [-0.3, -0.25) is 9.69 Å². The summed E-state index contributed by atoms with van der Waals surface area (Å²) in [7, 11) is 2.12. The van der Waals surface area contributed by atoms with Crippen LogP contribution in [-0.4, -0.2) is 59.1 Å². The van der Waals surface area contributed by atoms with Crippen molar-refractivity contribution in [2.75, 3.05) is 20.1 Å². The van der Waals surface area contributed by atoms with Crippen LogP contribution in [0.4, 0.5) is 0 Å². The normalized spacial score (nSPS) is 38.7. The van der Waals surface area contributed by atoms with Gasteiger partial charge in [0, 0.05) is 18.6 Å². The average Bonchev–Trinajstić information content (AvgIpc) is 2.73. The Morgan fingerprint density at radius 3 is 2.73 bits per heavy atom. The van der Waals surface area contributed by atoms with Gasteiger partial charge in [0.25, 0.3) is 0 Å². The van der Waals surface area contributed by atoms with Crippen LogP contribution < -0.4 is 0 Å². The molecule has 3 unspecified atom stereocenters. The Morgan fingerprint density at radius 1 is 1.47 bits per heavy atom. The van der Waals surface area contributed by atoms with Crippen LogP contribution in [0, 0.1) is 0 Å². The number of hydrogen-bond acceptors (Lipinski definition) is 3. The molecule has 2 heterocycles. The highest BCUT2D eigenvalue weighted by Gasteiger charge is 2.39. The van der Waals surface area contributed by atoms with Gasteiger partial charge in [0.15, 0.2) is 0 Å². The van der Waals surface area contributed by atoms with Gasteiger partial charge in [0.1, 0.15) is 6.04 Å². The molecule has 0 bridgehead atoms. The van der Waals surface area contributed by atoms with E-state index in [4.69, 9.17) is 5.11 Å². The van der Waals surface area contributed by atoms with Crippen LogP contribution in [0.3, 0.4) is 0 Å². The summed E-state index contributed by atoms with van der Waals surface area (Å²) in [5.74, 6) is -0.644. The monoisotopic (exact) mass is 212 g/mol. The van der Waals surface area contributed by atoms with Crippen LogP contribution in [0.2, 0.25) is 0 Å². The lowest BCUT2D eigenvalue weighted by Gasteiger charge is -2.27. The number of likely N-dealkylation sites (N-methyl/N-ethyl adjacent to an activating group) is 1. The molecular formula is C11H20N2O2. The molecule has 15 heavy (non-hydrogen) atoms. The molecule has 2 aliphatic heterocycles. The summed E-state index contributed by atoms with van der Waals surface area (Å²) in [4.78, 5) is 15.6. The quantitative estimate of drug-likeness (QED) is 0.729. The van der Waals surface area contributed by atoms with E-state index in [9.17, 15) is 4.79 Å². The Balaban J connectivity index is 2.01. The molecule has 1 N–H and O–H groups in total. The maximum atomic E-state index is 11.1. The first kappa shape index (κ1) is 10.9. The third-order valence-electron chi connectivity index (χ3n) is 3.91. The number of aliphatic carboxylic acids is 1. The van der Waals surface area contributed by atoms with Crippen molar-refractivity contribution in [1.82, 2.24) is 9.80 Å². The summed E-state index contributed by atoms with van der Waals surface area (Å²) in [6, 6.07) is 0.812. The van der Waals surface area contributed by atoms with Crippen molar-refractivity contribution in [3.63, 3.8) is 0 Å². The van der Waals surface area contributed by atoms with Gasteiger partial charge < -0.3 is 10.0 Å². The molecule has 0 aromatic carbocycles. The van der Waals surface area contributed by atoms with E-state index in [-0.39, 0.29) is 6.04 Å². The molecule has 4 heteroatoms. The zero-order valence-corrected chi connectivity index (χ0v) is 9.52. The predicted molar refractivity (Wildman–Crippen MR) is 57.9 cm³/mol. The first-order valence-corrected chi connectivity index (χ1v) is 5.78. The molecule has 2 saturated heterocycles. The van der Waals surface area contributed by atoms with E-state index in [2.05, 4.69) is 23.8 Å². The molecule has 86 valence electrons. The number of carboxylic acids is 1. The highest BCUT2D eigenvalue weighted by molar-refractivity contribution is 5.73. The van der Waals surface area contributed by atoms with Crippen molar-refractivity contribution in [3.05, 3.63) is 0 Å². The summed E-state index contributed by atoms with van der Waals surface area (Å²) < 4.78 is 0. The summed E-state index contributed by atoms with van der Waals surface area (Å²) in [5, 5.41) is 9.12. The molecule has 0 saturated carbocycles. The molecular weight excluding hydrogens is 192 g/mol. The molecule has 4 nitrogen and oxygen atoms in total. The minimum atomic E-state index is -0.644. The van der Waals surface area contributed by atoms with Crippen LogP contribution in [0.1, 0.15) is 26.2 Å². The van der Waals surface area contributed by atoms with E-state index in [1.165, 1.54) is 0 Å². The molecule has 2 aliphatic rings. The second-order valence-electron chi connectivity index (χ2n) is 4.91. The molecule has 0 radical (unpaired) electrons. The summed E-state index contributed by atoms with van der Waals surface area (Å²) in [6.07, 6.45) is 2.97. The third kappa shape index (κ3) is 2.01. The van der Waals surface area contributed by atoms with Gasteiger partial charge >= 0.3 is 5.97 Å². The first-order valence-electron chi connectivity index (χ1n) is 5.78. The number of hydrogen-bond donors (Lipinski definition) is 1. The largest absolute Gasteiger partial charge is 0.480 e. The molecule has 2 rings (SSSR count). The highest BCUT2D eigenvalue weighted by Crippen LogP contribution is 2.27. The van der Waals surface area contributed by atoms with Crippen LogP contribution in [0.5, 0.6) is 0 Å². The molecule has 0 spiro atoms. The smallest absolute Gasteiger partial charge is 0.320 e. The zero-order chi connectivity index (χ0) is 11.0. The lowest BCUT2D eigenvalue weighted by Crippen LogP contribution is -2.44. The van der Waals surface area contributed by atoms with Crippen molar-refractivity contribution in [2.24, 2.45) is 0 Å². The minimum Gasteiger partial charge on any atom is -0.480 e. The average molecular weight is 212 g/mol. The lowest BCUT2D eigenvalue weighted by atomic mass is 10.1. The maximum absolute atomic E-state index is 11.1. The van der Waals surface area contributed by atoms with Gasteiger partial charge in [0.05, 0.1) is 0 Å². The lowest BCUT2D eigenvalue weighted by molar-refractivity contribution is -0.142. The second-order valence-corrected chi connectivity index (χ2v) is 4.91. The Bertz CT molecular complexity index is 247. The van der Waals surface area contributed by atoms with E-state index < -0.39 is 5.97 Å². The van der Waals surface area contributed by atoms with Crippen LogP contribution in [-0.2, 0) is 4.79 Å². The highest BCUT2D eigenvalue weighted by atomic mass is 16.4. The molecule has 2 fully saturated rings. The predicted octanol–water partition coefficient (Wildman–Crippen LogP) is 0.628. The fraction of sp³-hybridized carbons (Fsp3) is 0.909. The Kier molecular flexibility index (Phi) is 2.98. The van der Waals surface area contributed by atoms with Crippen molar-refractivity contribution in [3.8, 4) is 0 Å². The third-order valence-corrected chi connectivity index (χ3v) is 3.91. The van der Waals surface area contributed by atoms with Gasteiger partial charge in [0.2, 0.25) is 0 Å². The topological polar surface area (TPSA) is 43.8 Å². The Labute approximate surface area is 90.9 Å². The van der Waals surface area contributed by atoms with Crippen molar-refractivity contribution < 1.29 is 9.90 Å². The summed E-state index contributed by atoms with van der Waals surface area (Å²) in [6.45, 7) is 4.19. The fourth-order valence-corrected chi connectivity index (χ4v) is 2.89. The fourth-order valence-electron chi connectivity index (χ4n) is 2.89. The standard InChI is InChI=1S/C11H20N2O2/c1-8-6-9(7-12(8)2)13-5-3-4-10(13)11(14)15/h8-10H,3-7H2,1-2H3,(H,14,15). The first-order chi connectivity index (χ1) is 7.09. The SMILES string of the molecule is CC1CC(N2CCCC2C(=O)O)CN1C. The molecule has 0 aromatic rings. The number of carboxylic acid groups (broad SMARTS) is 1. The van der Waals surface area contributed by atoms with Gasteiger partial charge in [-0.2, -0.15) is 0 Å². The number of carbonyl (C=O) groups is 1. The van der Waals surface area contributed by atoms with E-state index in [1.54, 1.807) is 0 Å². The van der Waals surface area contributed by atoms with Crippen molar-refractivity contribution in [2.45, 2.75) is 44.3 Å². The van der Waals surface area contributed by atoms with Gasteiger partial charge in [-0.05, 0) is 39.8 Å². The van der Waals surface area contributed by atoms with Crippen molar-refractivity contribution in [1.29, 1.82) is 0 Å². The summed E-state index contributed by atoms with van der Waals surface area (Å²) >= 11 is 0. The number of nitrogens with zero attached hydrogens (tertiary/aromatic N) is 2. The molecule has 0 amide bonds. The van der Waals surface area contributed by atoms with Crippen molar-refractivity contribution >= 4 is 5.97 Å². The number of rotatable bonds is 2. The van der Waals surface area contributed by atoms with Crippen LogP contribution in [0.15, 0.2) is 0 Å². The molecule has 3 atom stereocenters. The Morgan fingerprint density at radius 2 is 2.20 bits per heavy atom. The van der Waals surface area contributed by atoms with E-state index >= 15 is 0 Å². The maximum Gasteiger partial charge on any atom is 0.320 e. The van der Waals surface area contributed by atoms with Gasteiger partial charge in [-0.25, -0.2) is 0 Å².